The highest BCUT2D eigenvalue weighted by molar-refractivity contribution is 9.10. The molecular formula is C18H15BrClN3O. The van der Waals surface area contributed by atoms with E-state index in [1.54, 1.807) is 11.6 Å². The summed E-state index contributed by atoms with van der Waals surface area (Å²) in [5, 5.41) is 7.58. The Morgan fingerprint density at radius 3 is 2.50 bits per heavy atom. The first-order valence-electron chi connectivity index (χ1n) is 7.38. The highest BCUT2D eigenvalue weighted by atomic mass is 79.9. The van der Waals surface area contributed by atoms with Crippen LogP contribution in [0.5, 0.6) is 0 Å². The first-order valence-corrected chi connectivity index (χ1v) is 8.55. The molecule has 24 heavy (non-hydrogen) atoms. The van der Waals surface area contributed by atoms with Gasteiger partial charge < -0.3 is 5.32 Å². The second-order valence-corrected chi connectivity index (χ2v) is 6.63. The molecule has 122 valence electrons. The van der Waals surface area contributed by atoms with Gasteiger partial charge in [0.1, 0.15) is 5.15 Å². The Kier molecular flexibility index (Phi) is 5.02. The third-order valence-corrected chi connectivity index (χ3v) is 4.48. The number of benzene rings is 2. The van der Waals surface area contributed by atoms with Gasteiger partial charge in [-0.05, 0) is 36.8 Å². The fraction of sp³-hybridized carbons (Fsp3) is 0.111. The van der Waals surface area contributed by atoms with Gasteiger partial charge in [-0.3, -0.25) is 4.79 Å². The van der Waals surface area contributed by atoms with Gasteiger partial charge in [0.05, 0.1) is 17.8 Å². The molecule has 0 spiro atoms. The third-order valence-electron chi connectivity index (χ3n) is 3.57. The van der Waals surface area contributed by atoms with Crippen LogP contribution < -0.4 is 5.32 Å². The zero-order valence-electron chi connectivity index (χ0n) is 13.0. The van der Waals surface area contributed by atoms with Crippen LogP contribution in [0.3, 0.4) is 0 Å². The van der Waals surface area contributed by atoms with Crippen molar-refractivity contribution in [1.29, 1.82) is 0 Å². The van der Waals surface area contributed by atoms with Gasteiger partial charge in [0.25, 0.3) is 5.91 Å². The number of nitrogens with zero attached hydrogens (tertiary/aromatic N) is 2. The average Bonchev–Trinajstić information content (AvgIpc) is 2.84. The van der Waals surface area contributed by atoms with Gasteiger partial charge in [0, 0.05) is 10.2 Å². The lowest BCUT2D eigenvalue weighted by molar-refractivity contribution is 0.102. The zero-order chi connectivity index (χ0) is 17.1. The number of aryl methyl sites for hydroxylation is 1. The Morgan fingerprint density at radius 1 is 1.17 bits per heavy atom. The van der Waals surface area contributed by atoms with E-state index < -0.39 is 0 Å². The minimum absolute atomic E-state index is 0.265. The van der Waals surface area contributed by atoms with Crippen LogP contribution in [0.4, 0.5) is 5.69 Å². The third kappa shape index (κ3) is 3.68. The van der Waals surface area contributed by atoms with E-state index in [2.05, 4.69) is 26.3 Å². The molecule has 1 heterocycles. The summed E-state index contributed by atoms with van der Waals surface area (Å²) in [5.74, 6) is -0.265. The second kappa shape index (κ2) is 7.20. The van der Waals surface area contributed by atoms with Crippen molar-refractivity contribution in [3.63, 3.8) is 0 Å². The van der Waals surface area contributed by atoms with Crippen LogP contribution in [0.2, 0.25) is 5.15 Å². The van der Waals surface area contributed by atoms with Crippen LogP contribution in [0, 0.1) is 6.92 Å². The lowest BCUT2D eigenvalue weighted by Gasteiger charge is -2.06. The molecule has 0 atom stereocenters. The van der Waals surface area contributed by atoms with Gasteiger partial charge in [-0.25, -0.2) is 4.68 Å². The van der Waals surface area contributed by atoms with Crippen LogP contribution in [-0.2, 0) is 6.54 Å². The Balaban J connectivity index is 1.83. The quantitative estimate of drug-likeness (QED) is 0.672. The number of nitrogens with one attached hydrogen (secondary N) is 1. The number of hydrogen-bond donors (Lipinski definition) is 1. The molecule has 0 aliphatic carbocycles. The molecule has 0 bridgehead atoms. The highest BCUT2D eigenvalue weighted by Gasteiger charge is 2.20. The monoisotopic (exact) mass is 403 g/mol. The molecule has 0 saturated heterocycles. The topological polar surface area (TPSA) is 46.9 Å². The van der Waals surface area contributed by atoms with Crippen LogP contribution in [0.25, 0.3) is 0 Å². The van der Waals surface area contributed by atoms with E-state index in [1.807, 2.05) is 54.6 Å². The highest BCUT2D eigenvalue weighted by Crippen LogP contribution is 2.23. The molecule has 0 aliphatic heterocycles. The second-order valence-electron chi connectivity index (χ2n) is 5.36. The molecule has 3 aromatic rings. The molecule has 1 amide bonds. The number of carbonyl (C=O) groups excluding carboxylic acids is 1. The molecule has 0 fully saturated rings. The van der Waals surface area contributed by atoms with Crippen molar-refractivity contribution in [2.45, 2.75) is 13.5 Å². The largest absolute Gasteiger partial charge is 0.322 e. The summed E-state index contributed by atoms with van der Waals surface area (Å²) < 4.78 is 2.59. The zero-order valence-corrected chi connectivity index (χ0v) is 15.3. The standard InChI is InChI=1S/C18H15BrClN3O/c1-12-16(18(24)21-15-9-7-14(19)8-10-15)17(20)23(22-12)11-13-5-3-2-4-6-13/h2-10H,11H2,1H3,(H,21,24). The molecule has 1 aromatic heterocycles. The fourth-order valence-corrected chi connectivity index (χ4v) is 2.98. The molecule has 0 saturated carbocycles. The predicted molar refractivity (Wildman–Crippen MR) is 99.6 cm³/mol. The summed E-state index contributed by atoms with van der Waals surface area (Å²) in [6.45, 7) is 2.30. The van der Waals surface area contributed by atoms with E-state index in [1.165, 1.54) is 0 Å². The van der Waals surface area contributed by atoms with E-state index in [-0.39, 0.29) is 5.91 Å². The molecule has 3 rings (SSSR count). The Bertz CT molecular complexity index is 860. The van der Waals surface area contributed by atoms with Crippen molar-refractivity contribution in [3.05, 3.63) is 81.0 Å². The van der Waals surface area contributed by atoms with Crippen LogP contribution in [0.1, 0.15) is 21.6 Å². The maximum Gasteiger partial charge on any atom is 0.260 e. The van der Waals surface area contributed by atoms with Crippen LogP contribution in [0.15, 0.2) is 59.1 Å². The molecule has 6 heteroatoms. The van der Waals surface area contributed by atoms with Crippen molar-refractivity contribution in [1.82, 2.24) is 9.78 Å². The van der Waals surface area contributed by atoms with E-state index in [0.717, 1.165) is 10.0 Å². The van der Waals surface area contributed by atoms with Crippen molar-refractivity contribution in [2.75, 3.05) is 5.32 Å². The maximum absolute atomic E-state index is 12.5. The Hall–Kier alpha value is -2.11. The maximum atomic E-state index is 12.5. The summed E-state index contributed by atoms with van der Waals surface area (Å²) >= 11 is 9.77. The molecular weight excluding hydrogens is 390 g/mol. The average molecular weight is 405 g/mol. The number of anilines is 1. The molecule has 0 unspecified atom stereocenters. The Morgan fingerprint density at radius 2 is 1.83 bits per heavy atom. The smallest absolute Gasteiger partial charge is 0.260 e. The normalized spacial score (nSPS) is 10.6. The van der Waals surface area contributed by atoms with Gasteiger partial charge in [-0.2, -0.15) is 5.10 Å². The number of hydrogen-bond acceptors (Lipinski definition) is 2. The lowest BCUT2D eigenvalue weighted by Crippen LogP contribution is -2.13. The summed E-state index contributed by atoms with van der Waals surface area (Å²) in [6.07, 6.45) is 0. The van der Waals surface area contributed by atoms with Crippen LogP contribution in [-0.4, -0.2) is 15.7 Å². The van der Waals surface area contributed by atoms with Gasteiger partial charge in [0.2, 0.25) is 0 Å². The van der Waals surface area contributed by atoms with Crippen molar-refractivity contribution in [2.24, 2.45) is 0 Å². The Labute approximate surface area is 153 Å². The van der Waals surface area contributed by atoms with Gasteiger partial charge in [-0.15, -0.1) is 0 Å². The van der Waals surface area contributed by atoms with E-state index >= 15 is 0 Å². The first-order chi connectivity index (χ1) is 11.5. The molecule has 0 aliphatic rings. The van der Waals surface area contributed by atoms with E-state index in [0.29, 0.717) is 28.6 Å². The van der Waals surface area contributed by atoms with Crippen molar-refractivity contribution in [3.8, 4) is 0 Å². The van der Waals surface area contributed by atoms with E-state index in [4.69, 9.17) is 11.6 Å². The van der Waals surface area contributed by atoms with Crippen LogP contribution >= 0.6 is 27.5 Å². The summed E-state index contributed by atoms with van der Waals surface area (Å²) in [4.78, 5) is 12.5. The lowest BCUT2D eigenvalue weighted by atomic mass is 10.2. The van der Waals surface area contributed by atoms with Gasteiger partial charge >= 0.3 is 0 Å². The van der Waals surface area contributed by atoms with Gasteiger partial charge in [0.15, 0.2) is 0 Å². The minimum atomic E-state index is -0.265. The molecule has 4 nitrogen and oxygen atoms in total. The van der Waals surface area contributed by atoms with Gasteiger partial charge in [-0.1, -0.05) is 57.9 Å². The minimum Gasteiger partial charge on any atom is -0.322 e. The number of carbonyl (C=O) groups is 1. The van der Waals surface area contributed by atoms with Crippen molar-refractivity contribution < 1.29 is 4.79 Å². The number of aromatic nitrogens is 2. The molecule has 1 N–H and O–H groups in total. The number of rotatable bonds is 4. The summed E-state index contributed by atoms with van der Waals surface area (Å²) in [7, 11) is 0. The summed E-state index contributed by atoms with van der Waals surface area (Å²) in [5.41, 5.74) is 2.78. The first kappa shape index (κ1) is 16.7. The number of halogens is 2. The van der Waals surface area contributed by atoms with E-state index in [9.17, 15) is 4.79 Å². The fourth-order valence-electron chi connectivity index (χ4n) is 2.40. The SMILES string of the molecule is Cc1nn(Cc2ccccc2)c(Cl)c1C(=O)Nc1ccc(Br)cc1. The molecule has 2 aromatic carbocycles. The number of amides is 1. The predicted octanol–water partition coefficient (Wildman–Crippen LogP) is 4.91. The summed E-state index contributed by atoms with van der Waals surface area (Å²) in [6, 6.07) is 17.2. The molecule has 0 radical (unpaired) electrons. The van der Waals surface area contributed by atoms with Crippen molar-refractivity contribution >= 4 is 39.1 Å².